The molecule has 106 valence electrons. The van der Waals surface area contributed by atoms with Crippen molar-refractivity contribution in [2.24, 2.45) is 0 Å². The molecule has 0 saturated carbocycles. The number of nitrogen functional groups attached to an aromatic ring is 1. The molecular weight excluding hydrogens is 290 g/mol. The number of nitro benzene ring substituents is 1. The average molecular weight is 301 g/mol. The number of nitro groups is 1. The second-order valence-corrected chi connectivity index (χ2v) is 5.55. The second-order valence-electron chi connectivity index (χ2n) is 4.60. The predicted molar refractivity (Wildman–Crippen MR) is 82.7 cm³/mol. The molecule has 0 atom stereocenters. The fourth-order valence-electron chi connectivity index (χ4n) is 2.17. The smallest absolute Gasteiger partial charge is 0.292 e. The molecular formula is C14H11N3O3S. The van der Waals surface area contributed by atoms with E-state index in [9.17, 15) is 14.9 Å². The van der Waals surface area contributed by atoms with Crippen molar-refractivity contribution >= 4 is 32.8 Å². The van der Waals surface area contributed by atoms with Crippen LogP contribution >= 0.6 is 11.3 Å². The van der Waals surface area contributed by atoms with Crippen LogP contribution in [0.2, 0.25) is 0 Å². The monoisotopic (exact) mass is 301 g/mol. The first-order valence-corrected chi connectivity index (χ1v) is 7.03. The van der Waals surface area contributed by atoms with Crippen LogP contribution in [0.4, 0.5) is 11.4 Å². The van der Waals surface area contributed by atoms with Gasteiger partial charge in [0.15, 0.2) is 0 Å². The van der Waals surface area contributed by atoms with E-state index in [-0.39, 0.29) is 23.5 Å². The fraction of sp³-hybridized carbons (Fsp3) is 0.0714. The first kappa shape index (κ1) is 13.3. The fourth-order valence-corrected chi connectivity index (χ4v) is 2.95. The lowest BCUT2D eigenvalue weighted by atomic mass is 10.1. The minimum atomic E-state index is -0.524. The Hall–Kier alpha value is -2.67. The van der Waals surface area contributed by atoms with Gasteiger partial charge in [-0.05, 0) is 29.1 Å². The van der Waals surface area contributed by atoms with Gasteiger partial charge in [-0.3, -0.25) is 14.9 Å². The van der Waals surface area contributed by atoms with Crippen molar-refractivity contribution in [2.45, 2.75) is 6.54 Å². The molecule has 0 spiro atoms. The van der Waals surface area contributed by atoms with Crippen molar-refractivity contribution in [3.63, 3.8) is 0 Å². The molecule has 3 aromatic rings. The van der Waals surface area contributed by atoms with Gasteiger partial charge >= 0.3 is 0 Å². The Morgan fingerprint density at radius 3 is 2.86 bits per heavy atom. The van der Waals surface area contributed by atoms with Crippen molar-refractivity contribution in [1.29, 1.82) is 0 Å². The molecule has 0 amide bonds. The molecule has 7 heteroatoms. The molecule has 21 heavy (non-hydrogen) atoms. The maximum atomic E-state index is 12.3. The highest BCUT2D eigenvalue weighted by atomic mass is 32.1. The van der Waals surface area contributed by atoms with Crippen LogP contribution < -0.4 is 11.3 Å². The number of benzene rings is 1. The highest BCUT2D eigenvalue weighted by molar-refractivity contribution is 7.17. The van der Waals surface area contributed by atoms with Gasteiger partial charge in [-0.15, -0.1) is 11.3 Å². The number of hydrogen-bond acceptors (Lipinski definition) is 5. The molecule has 0 bridgehead atoms. The molecule has 0 aliphatic carbocycles. The van der Waals surface area contributed by atoms with Crippen LogP contribution in [0.1, 0.15) is 5.56 Å². The largest absolute Gasteiger partial charge is 0.393 e. The molecule has 0 aliphatic heterocycles. The lowest BCUT2D eigenvalue weighted by Gasteiger charge is -2.07. The molecule has 0 unspecified atom stereocenters. The summed E-state index contributed by atoms with van der Waals surface area (Å²) in [4.78, 5) is 22.7. The summed E-state index contributed by atoms with van der Waals surface area (Å²) < 4.78 is 2.46. The van der Waals surface area contributed by atoms with Gasteiger partial charge in [-0.1, -0.05) is 6.07 Å². The molecule has 0 radical (unpaired) electrons. The lowest BCUT2D eigenvalue weighted by molar-refractivity contribution is -0.384. The van der Waals surface area contributed by atoms with E-state index in [1.165, 1.54) is 28.0 Å². The van der Waals surface area contributed by atoms with Crippen molar-refractivity contribution in [3.05, 3.63) is 67.9 Å². The SMILES string of the molecule is Nc1ccc(Cn2ccc3sccc3c2=O)cc1[N+](=O)[O-]. The predicted octanol–water partition coefficient (Wildman–Crippen LogP) is 2.60. The summed E-state index contributed by atoms with van der Waals surface area (Å²) in [5.74, 6) is 0. The van der Waals surface area contributed by atoms with Gasteiger partial charge in [0.25, 0.3) is 11.2 Å². The average Bonchev–Trinajstić information content (AvgIpc) is 2.93. The Balaban J connectivity index is 2.02. The summed E-state index contributed by atoms with van der Waals surface area (Å²) in [7, 11) is 0. The van der Waals surface area contributed by atoms with Gasteiger partial charge in [0, 0.05) is 17.0 Å². The number of anilines is 1. The van der Waals surface area contributed by atoms with E-state index >= 15 is 0 Å². The first-order chi connectivity index (χ1) is 10.1. The third-order valence-electron chi connectivity index (χ3n) is 3.24. The Kier molecular flexibility index (Phi) is 3.19. The molecule has 2 N–H and O–H groups in total. The van der Waals surface area contributed by atoms with Gasteiger partial charge < -0.3 is 10.3 Å². The standard InChI is InChI=1S/C14H11N3O3S/c15-11-2-1-9(7-12(11)17(19)20)8-16-5-3-13-10(14(16)18)4-6-21-13/h1-7H,8,15H2. The van der Waals surface area contributed by atoms with E-state index in [0.717, 1.165) is 4.70 Å². The van der Waals surface area contributed by atoms with Gasteiger partial charge in [-0.2, -0.15) is 0 Å². The lowest BCUT2D eigenvalue weighted by Crippen LogP contribution is -2.19. The summed E-state index contributed by atoms with van der Waals surface area (Å²) >= 11 is 1.51. The maximum absolute atomic E-state index is 12.3. The van der Waals surface area contributed by atoms with Crippen molar-refractivity contribution < 1.29 is 4.92 Å². The van der Waals surface area contributed by atoms with E-state index in [1.807, 2.05) is 11.4 Å². The van der Waals surface area contributed by atoms with Gasteiger partial charge in [-0.25, -0.2) is 0 Å². The normalized spacial score (nSPS) is 10.9. The quantitative estimate of drug-likeness (QED) is 0.457. The van der Waals surface area contributed by atoms with Crippen molar-refractivity contribution in [3.8, 4) is 0 Å². The molecule has 1 aromatic carbocycles. The highest BCUT2D eigenvalue weighted by Crippen LogP contribution is 2.23. The first-order valence-electron chi connectivity index (χ1n) is 6.16. The van der Waals surface area contributed by atoms with E-state index in [2.05, 4.69) is 0 Å². The van der Waals surface area contributed by atoms with Crippen LogP contribution in [0.5, 0.6) is 0 Å². The molecule has 0 aliphatic rings. The van der Waals surface area contributed by atoms with Crippen molar-refractivity contribution in [1.82, 2.24) is 4.57 Å². The highest BCUT2D eigenvalue weighted by Gasteiger charge is 2.12. The number of rotatable bonds is 3. The minimum absolute atomic E-state index is 0.103. The van der Waals surface area contributed by atoms with Crippen molar-refractivity contribution in [2.75, 3.05) is 5.73 Å². The van der Waals surface area contributed by atoms with E-state index in [4.69, 9.17) is 5.73 Å². The summed E-state index contributed by atoms with van der Waals surface area (Å²) in [6.45, 7) is 0.270. The number of pyridine rings is 1. The van der Waals surface area contributed by atoms with Crippen LogP contribution in [-0.2, 0) is 6.54 Å². The van der Waals surface area contributed by atoms with E-state index < -0.39 is 4.92 Å². The van der Waals surface area contributed by atoms with E-state index in [0.29, 0.717) is 10.9 Å². The van der Waals surface area contributed by atoms with E-state index in [1.54, 1.807) is 18.3 Å². The third-order valence-corrected chi connectivity index (χ3v) is 4.12. The second kappa shape index (κ2) is 5.02. The molecule has 6 nitrogen and oxygen atoms in total. The maximum Gasteiger partial charge on any atom is 0.292 e. The number of hydrogen-bond donors (Lipinski definition) is 1. The summed E-state index contributed by atoms with van der Waals surface area (Å²) in [5, 5.41) is 13.4. The van der Waals surface area contributed by atoms with Gasteiger partial charge in [0.1, 0.15) is 5.69 Å². The summed E-state index contributed by atoms with van der Waals surface area (Å²) in [6, 6.07) is 8.23. The van der Waals surface area contributed by atoms with Crippen LogP contribution in [0.15, 0.2) is 46.7 Å². The van der Waals surface area contributed by atoms with Crippen LogP contribution in [0.3, 0.4) is 0 Å². The third kappa shape index (κ3) is 2.38. The van der Waals surface area contributed by atoms with Gasteiger partial charge in [0.2, 0.25) is 0 Å². The summed E-state index contributed by atoms with van der Waals surface area (Å²) in [5.41, 5.74) is 6.10. The molecule has 2 aromatic heterocycles. The Bertz CT molecular complexity index is 898. The molecule has 0 saturated heterocycles. The topological polar surface area (TPSA) is 91.2 Å². The number of fused-ring (bicyclic) bond motifs is 1. The molecule has 0 fully saturated rings. The Morgan fingerprint density at radius 2 is 2.10 bits per heavy atom. The number of thiophene rings is 1. The zero-order valence-corrected chi connectivity index (χ0v) is 11.7. The number of aromatic nitrogens is 1. The molecule has 3 rings (SSSR count). The Morgan fingerprint density at radius 1 is 1.29 bits per heavy atom. The van der Waals surface area contributed by atoms with Crippen LogP contribution in [-0.4, -0.2) is 9.49 Å². The number of nitrogens with two attached hydrogens (primary N) is 1. The van der Waals surface area contributed by atoms with Gasteiger partial charge in [0.05, 0.1) is 16.9 Å². The summed E-state index contributed by atoms with van der Waals surface area (Å²) in [6.07, 6.45) is 1.70. The van der Waals surface area contributed by atoms with Crippen LogP contribution in [0.25, 0.3) is 10.1 Å². The number of nitrogens with zero attached hydrogens (tertiary/aromatic N) is 2. The molecule has 2 heterocycles. The van der Waals surface area contributed by atoms with Crippen LogP contribution in [0, 0.1) is 10.1 Å². The zero-order chi connectivity index (χ0) is 15.0. The minimum Gasteiger partial charge on any atom is -0.393 e. The zero-order valence-electron chi connectivity index (χ0n) is 10.9. The Labute approximate surface area is 123 Å².